The summed E-state index contributed by atoms with van der Waals surface area (Å²) in [7, 11) is 2.10. The van der Waals surface area contributed by atoms with Crippen LogP contribution >= 0.6 is 11.3 Å². The molecule has 0 spiro atoms. The number of nitrogens with one attached hydrogen (secondary N) is 2. The molecule has 26 heavy (non-hydrogen) atoms. The first-order chi connectivity index (χ1) is 12.5. The minimum absolute atomic E-state index is 0.201. The number of amides is 2. The lowest BCUT2D eigenvalue weighted by molar-refractivity contribution is 0.0944. The van der Waals surface area contributed by atoms with Crippen LogP contribution in [0.2, 0.25) is 0 Å². The van der Waals surface area contributed by atoms with Gasteiger partial charge in [0, 0.05) is 23.5 Å². The highest BCUT2D eigenvalue weighted by Gasteiger charge is 2.20. The van der Waals surface area contributed by atoms with Crippen molar-refractivity contribution < 1.29 is 14.0 Å². The Labute approximate surface area is 155 Å². The maximum absolute atomic E-state index is 13.2. The largest absolute Gasteiger partial charge is 0.351 e. The molecule has 8 heteroatoms. The third-order valence-electron chi connectivity index (χ3n) is 4.48. The number of thiazole rings is 1. The topological polar surface area (TPSA) is 74.3 Å². The van der Waals surface area contributed by atoms with Gasteiger partial charge in [-0.05, 0) is 51.1 Å². The Morgan fingerprint density at radius 3 is 2.96 bits per heavy atom. The highest BCUT2D eigenvalue weighted by Crippen LogP contribution is 2.18. The van der Waals surface area contributed by atoms with E-state index in [-0.39, 0.29) is 17.2 Å². The third kappa shape index (κ3) is 4.64. The Morgan fingerprint density at radius 2 is 2.23 bits per heavy atom. The molecule has 2 N–H and O–H groups in total. The van der Waals surface area contributed by atoms with Gasteiger partial charge in [-0.2, -0.15) is 0 Å². The van der Waals surface area contributed by atoms with E-state index < -0.39 is 11.7 Å². The number of aromatic nitrogens is 1. The van der Waals surface area contributed by atoms with Crippen LogP contribution in [0.25, 0.3) is 0 Å². The monoisotopic (exact) mass is 376 g/mol. The average molecular weight is 376 g/mol. The quantitative estimate of drug-likeness (QED) is 0.813. The predicted octanol–water partition coefficient (Wildman–Crippen LogP) is 2.75. The molecule has 2 amide bonds. The van der Waals surface area contributed by atoms with E-state index in [0.717, 1.165) is 30.4 Å². The van der Waals surface area contributed by atoms with Crippen molar-refractivity contribution in [3.05, 3.63) is 46.7 Å². The number of nitrogens with zero attached hydrogens (tertiary/aromatic N) is 2. The zero-order valence-electron chi connectivity index (χ0n) is 14.5. The Balaban J connectivity index is 1.50. The van der Waals surface area contributed by atoms with Crippen molar-refractivity contribution in [3.8, 4) is 0 Å². The van der Waals surface area contributed by atoms with E-state index >= 15 is 0 Å². The molecule has 6 nitrogen and oxygen atoms in total. The van der Waals surface area contributed by atoms with E-state index in [1.165, 1.54) is 31.0 Å². The van der Waals surface area contributed by atoms with Crippen LogP contribution in [-0.4, -0.2) is 47.9 Å². The van der Waals surface area contributed by atoms with Crippen molar-refractivity contribution in [3.63, 3.8) is 0 Å². The fourth-order valence-corrected chi connectivity index (χ4v) is 3.71. The fourth-order valence-electron chi connectivity index (χ4n) is 3.02. The molecule has 1 aromatic carbocycles. The van der Waals surface area contributed by atoms with Gasteiger partial charge in [-0.15, -0.1) is 11.3 Å². The number of hydrogen-bond acceptors (Lipinski definition) is 5. The minimum Gasteiger partial charge on any atom is -0.351 e. The second-order valence-electron chi connectivity index (χ2n) is 6.32. The highest BCUT2D eigenvalue weighted by molar-refractivity contribution is 7.14. The van der Waals surface area contributed by atoms with Gasteiger partial charge >= 0.3 is 0 Å². The van der Waals surface area contributed by atoms with Gasteiger partial charge in [0.25, 0.3) is 11.8 Å². The first-order valence-corrected chi connectivity index (χ1v) is 9.42. The molecule has 3 rings (SSSR count). The molecule has 0 unspecified atom stereocenters. The van der Waals surface area contributed by atoms with Gasteiger partial charge in [-0.25, -0.2) is 9.37 Å². The van der Waals surface area contributed by atoms with E-state index in [1.54, 1.807) is 5.38 Å². The molecule has 1 atom stereocenters. The summed E-state index contributed by atoms with van der Waals surface area (Å²) in [4.78, 5) is 30.7. The molecule has 1 aromatic heterocycles. The minimum atomic E-state index is -0.482. The molecule has 138 valence electrons. The molecular formula is C18H21FN4O2S. The summed E-state index contributed by atoms with van der Waals surface area (Å²) in [6.07, 6.45) is 3.28. The molecule has 0 saturated carbocycles. The molecule has 0 radical (unpaired) electrons. The summed E-state index contributed by atoms with van der Waals surface area (Å²) in [5, 5.41) is 7.35. The van der Waals surface area contributed by atoms with Crippen LogP contribution in [0.3, 0.4) is 0 Å². The van der Waals surface area contributed by atoms with Gasteiger partial charge in [0.15, 0.2) is 5.13 Å². The van der Waals surface area contributed by atoms with Gasteiger partial charge in [0.05, 0.1) is 0 Å². The lowest BCUT2D eigenvalue weighted by Gasteiger charge is -2.19. The van der Waals surface area contributed by atoms with Crippen molar-refractivity contribution >= 4 is 28.3 Å². The van der Waals surface area contributed by atoms with Gasteiger partial charge in [-0.3, -0.25) is 14.9 Å². The second kappa shape index (κ2) is 8.37. The SMILES string of the molecule is CN1CCC[C@H]1CCNC(=O)c1csc(NC(=O)c2cccc(F)c2)n1. The number of carbonyl (C=O) groups is 2. The number of likely N-dealkylation sites (tertiary alicyclic amines) is 1. The van der Waals surface area contributed by atoms with Crippen LogP contribution in [0.5, 0.6) is 0 Å². The normalized spacial score (nSPS) is 17.2. The number of hydrogen-bond donors (Lipinski definition) is 2. The molecule has 2 heterocycles. The number of halogens is 1. The Kier molecular flexibility index (Phi) is 5.95. The van der Waals surface area contributed by atoms with Crippen LogP contribution < -0.4 is 10.6 Å². The van der Waals surface area contributed by atoms with Crippen LogP contribution in [0.15, 0.2) is 29.6 Å². The molecule has 0 aliphatic carbocycles. The van der Waals surface area contributed by atoms with Crippen molar-refractivity contribution in [2.24, 2.45) is 0 Å². The summed E-state index contributed by atoms with van der Waals surface area (Å²) < 4.78 is 13.2. The standard InChI is InChI=1S/C18H21FN4O2S/c1-23-9-3-6-14(23)7-8-20-17(25)15-11-26-18(21-15)22-16(24)12-4-2-5-13(19)10-12/h2,4-5,10-11,14H,3,6-9H2,1H3,(H,20,25)(H,21,22,24)/t14-/m0/s1. The van der Waals surface area contributed by atoms with E-state index in [2.05, 4.69) is 27.6 Å². The lowest BCUT2D eigenvalue weighted by atomic mass is 10.1. The van der Waals surface area contributed by atoms with E-state index in [4.69, 9.17) is 0 Å². The predicted molar refractivity (Wildman–Crippen MR) is 99.1 cm³/mol. The maximum Gasteiger partial charge on any atom is 0.270 e. The fraction of sp³-hybridized carbons (Fsp3) is 0.389. The number of benzene rings is 1. The first-order valence-electron chi connectivity index (χ1n) is 8.54. The second-order valence-corrected chi connectivity index (χ2v) is 7.18. The zero-order chi connectivity index (χ0) is 18.5. The van der Waals surface area contributed by atoms with Crippen LogP contribution in [0, 0.1) is 5.82 Å². The highest BCUT2D eigenvalue weighted by atomic mass is 32.1. The number of anilines is 1. The Hall–Kier alpha value is -2.32. The van der Waals surface area contributed by atoms with Crippen LogP contribution in [0.4, 0.5) is 9.52 Å². The maximum atomic E-state index is 13.2. The van der Waals surface area contributed by atoms with Crippen LogP contribution in [-0.2, 0) is 0 Å². The average Bonchev–Trinajstić information content (AvgIpc) is 3.24. The van der Waals surface area contributed by atoms with Gasteiger partial charge in [-0.1, -0.05) is 6.07 Å². The van der Waals surface area contributed by atoms with Gasteiger partial charge in [0.2, 0.25) is 0 Å². The summed E-state index contributed by atoms with van der Waals surface area (Å²) >= 11 is 1.16. The molecule has 2 aromatic rings. The van der Waals surface area contributed by atoms with Crippen molar-refractivity contribution in [2.75, 3.05) is 25.5 Å². The Morgan fingerprint density at radius 1 is 1.38 bits per heavy atom. The molecule has 1 saturated heterocycles. The van der Waals surface area contributed by atoms with Crippen molar-refractivity contribution in [1.29, 1.82) is 0 Å². The van der Waals surface area contributed by atoms with E-state index in [1.807, 2.05) is 0 Å². The summed E-state index contributed by atoms with van der Waals surface area (Å²) in [5.41, 5.74) is 0.469. The summed E-state index contributed by atoms with van der Waals surface area (Å²) in [6, 6.07) is 5.92. The van der Waals surface area contributed by atoms with Crippen molar-refractivity contribution in [1.82, 2.24) is 15.2 Å². The van der Waals surface area contributed by atoms with E-state index in [9.17, 15) is 14.0 Å². The van der Waals surface area contributed by atoms with Crippen molar-refractivity contribution in [2.45, 2.75) is 25.3 Å². The number of rotatable bonds is 6. The van der Waals surface area contributed by atoms with Gasteiger partial charge in [0.1, 0.15) is 11.5 Å². The summed E-state index contributed by atoms with van der Waals surface area (Å²) in [5.74, 6) is -1.20. The molecule has 0 bridgehead atoms. The van der Waals surface area contributed by atoms with Crippen LogP contribution in [0.1, 0.15) is 40.1 Å². The Bertz CT molecular complexity index is 795. The lowest BCUT2D eigenvalue weighted by Crippen LogP contribution is -2.31. The summed E-state index contributed by atoms with van der Waals surface area (Å²) in [6.45, 7) is 1.70. The third-order valence-corrected chi connectivity index (χ3v) is 5.24. The molecule has 1 aliphatic heterocycles. The number of carbonyl (C=O) groups excluding carboxylic acids is 2. The smallest absolute Gasteiger partial charge is 0.270 e. The van der Waals surface area contributed by atoms with Gasteiger partial charge < -0.3 is 10.2 Å². The van der Waals surface area contributed by atoms with E-state index in [0.29, 0.717) is 17.7 Å². The zero-order valence-corrected chi connectivity index (χ0v) is 15.3. The molecule has 1 aliphatic rings. The first kappa shape index (κ1) is 18.5. The molecule has 1 fully saturated rings. The molecular weight excluding hydrogens is 355 g/mol.